The first-order valence-corrected chi connectivity index (χ1v) is 8.38. The van der Waals surface area contributed by atoms with Gasteiger partial charge in [0, 0.05) is 31.2 Å². The predicted octanol–water partition coefficient (Wildman–Crippen LogP) is 3.27. The largest absolute Gasteiger partial charge is 0.298 e. The molecule has 104 valence electrons. The highest BCUT2D eigenvalue weighted by molar-refractivity contribution is 4.93. The quantitative estimate of drug-likeness (QED) is 0.742. The predicted molar refractivity (Wildman–Crippen MR) is 76.9 cm³/mol. The normalized spacial score (nSPS) is 36.5. The van der Waals surface area contributed by atoms with Gasteiger partial charge in [-0.15, -0.1) is 0 Å². The molecule has 2 heteroatoms. The first kappa shape index (κ1) is 12.9. The van der Waals surface area contributed by atoms with Gasteiger partial charge in [0.05, 0.1) is 0 Å². The highest BCUT2D eigenvalue weighted by Crippen LogP contribution is 2.31. The van der Waals surface area contributed by atoms with E-state index in [4.69, 9.17) is 0 Å². The van der Waals surface area contributed by atoms with Crippen LogP contribution in [0.4, 0.5) is 0 Å². The van der Waals surface area contributed by atoms with Crippen molar-refractivity contribution >= 4 is 0 Å². The smallest absolute Gasteiger partial charge is 0.0224 e. The first-order chi connectivity index (χ1) is 8.88. The van der Waals surface area contributed by atoms with Crippen LogP contribution >= 0.6 is 0 Å². The summed E-state index contributed by atoms with van der Waals surface area (Å²) in [6.45, 7) is 6.51. The van der Waals surface area contributed by atoms with E-state index in [1.54, 1.807) is 0 Å². The van der Waals surface area contributed by atoms with Gasteiger partial charge in [0.1, 0.15) is 0 Å². The molecule has 18 heavy (non-hydrogen) atoms. The van der Waals surface area contributed by atoms with Gasteiger partial charge in [0.2, 0.25) is 0 Å². The van der Waals surface area contributed by atoms with Crippen LogP contribution in [0.3, 0.4) is 0 Å². The van der Waals surface area contributed by atoms with E-state index in [1.165, 1.54) is 77.4 Å². The highest BCUT2D eigenvalue weighted by Gasteiger charge is 2.37. The summed E-state index contributed by atoms with van der Waals surface area (Å²) in [6.07, 6.45) is 13.1. The molecule has 0 aromatic heterocycles. The molecule has 1 saturated carbocycles. The molecule has 0 amide bonds. The topological polar surface area (TPSA) is 6.48 Å². The third-order valence-corrected chi connectivity index (χ3v) is 5.60. The summed E-state index contributed by atoms with van der Waals surface area (Å²) in [5.74, 6) is 0. The van der Waals surface area contributed by atoms with E-state index >= 15 is 0 Å². The SMILES string of the molecule is CCC1CN2CCCCC2CN1C1CCCCC1. The van der Waals surface area contributed by atoms with Crippen molar-refractivity contribution in [2.75, 3.05) is 19.6 Å². The van der Waals surface area contributed by atoms with Crippen LogP contribution < -0.4 is 0 Å². The molecule has 2 nitrogen and oxygen atoms in total. The van der Waals surface area contributed by atoms with Gasteiger partial charge in [-0.05, 0) is 38.6 Å². The summed E-state index contributed by atoms with van der Waals surface area (Å²) in [7, 11) is 0. The number of nitrogens with zero attached hydrogens (tertiary/aromatic N) is 2. The fourth-order valence-electron chi connectivity index (χ4n) is 4.50. The summed E-state index contributed by atoms with van der Waals surface area (Å²) in [6, 6.07) is 2.67. The van der Waals surface area contributed by atoms with Crippen LogP contribution in [-0.4, -0.2) is 47.6 Å². The van der Waals surface area contributed by atoms with Crippen LogP contribution in [-0.2, 0) is 0 Å². The maximum atomic E-state index is 2.92. The average Bonchev–Trinajstić information content (AvgIpc) is 2.46. The van der Waals surface area contributed by atoms with Gasteiger partial charge in [-0.3, -0.25) is 9.80 Å². The Balaban J connectivity index is 1.67. The van der Waals surface area contributed by atoms with Crippen molar-refractivity contribution in [1.82, 2.24) is 9.80 Å². The van der Waals surface area contributed by atoms with E-state index in [0.29, 0.717) is 0 Å². The van der Waals surface area contributed by atoms with Crippen molar-refractivity contribution in [2.45, 2.75) is 82.8 Å². The minimum Gasteiger partial charge on any atom is -0.298 e. The summed E-state index contributed by atoms with van der Waals surface area (Å²) in [4.78, 5) is 5.72. The van der Waals surface area contributed by atoms with Gasteiger partial charge >= 0.3 is 0 Å². The Morgan fingerprint density at radius 3 is 2.33 bits per heavy atom. The van der Waals surface area contributed by atoms with Crippen LogP contribution in [0, 0.1) is 0 Å². The van der Waals surface area contributed by atoms with Gasteiger partial charge in [-0.1, -0.05) is 32.6 Å². The lowest BCUT2D eigenvalue weighted by atomic mass is 9.89. The average molecular weight is 250 g/mol. The van der Waals surface area contributed by atoms with Crippen LogP contribution in [0.2, 0.25) is 0 Å². The van der Waals surface area contributed by atoms with E-state index in [1.807, 2.05) is 0 Å². The Morgan fingerprint density at radius 1 is 0.833 bits per heavy atom. The molecular weight excluding hydrogens is 220 g/mol. The lowest BCUT2D eigenvalue weighted by Gasteiger charge is -2.51. The molecule has 2 atom stereocenters. The molecule has 0 radical (unpaired) electrons. The molecule has 2 heterocycles. The van der Waals surface area contributed by atoms with Gasteiger partial charge in [-0.2, -0.15) is 0 Å². The van der Waals surface area contributed by atoms with Crippen molar-refractivity contribution < 1.29 is 0 Å². The second kappa shape index (κ2) is 5.92. The summed E-state index contributed by atoms with van der Waals surface area (Å²) < 4.78 is 0. The molecular formula is C16H30N2. The Labute approximate surface area is 113 Å². The molecule has 0 bridgehead atoms. The van der Waals surface area contributed by atoms with E-state index in [0.717, 1.165) is 18.1 Å². The Bertz CT molecular complexity index is 260. The standard InChI is InChI=1S/C16H30N2/c1-2-14-12-17-11-7-6-10-16(17)13-18(14)15-8-4-3-5-9-15/h14-16H,2-13H2,1H3. The molecule has 2 unspecified atom stereocenters. The zero-order valence-corrected chi connectivity index (χ0v) is 12.1. The van der Waals surface area contributed by atoms with Crippen LogP contribution in [0.25, 0.3) is 0 Å². The minimum atomic E-state index is 0.849. The molecule has 0 N–H and O–H groups in total. The third-order valence-electron chi connectivity index (χ3n) is 5.60. The molecule has 0 aromatic carbocycles. The van der Waals surface area contributed by atoms with E-state index in [9.17, 15) is 0 Å². The second-order valence-electron chi connectivity index (χ2n) is 6.70. The molecule has 2 saturated heterocycles. The molecule has 0 aromatic rings. The highest BCUT2D eigenvalue weighted by atomic mass is 15.3. The Kier molecular flexibility index (Phi) is 4.25. The first-order valence-electron chi connectivity index (χ1n) is 8.38. The number of piperazine rings is 1. The molecule has 3 fully saturated rings. The summed E-state index contributed by atoms with van der Waals surface area (Å²) in [5, 5.41) is 0. The number of rotatable bonds is 2. The molecule has 3 rings (SSSR count). The van der Waals surface area contributed by atoms with E-state index in [-0.39, 0.29) is 0 Å². The monoisotopic (exact) mass is 250 g/mol. The number of fused-ring (bicyclic) bond motifs is 1. The molecule has 1 aliphatic carbocycles. The van der Waals surface area contributed by atoms with Crippen molar-refractivity contribution in [3.8, 4) is 0 Å². The van der Waals surface area contributed by atoms with Crippen molar-refractivity contribution in [2.24, 2.45) is 0 Å². The van der Waals surface area contributed by atoms with Gasteiger partial charge in [0.25, 0.3) is 0 Å². The van der Waals surface area contributed by atoms with Gasteiger partial charge in [0.15, 0.2) is 0 Å². The number of hydrogen-bond acceptors (Lipinski definition) is 2. The molecule has 0 spiro atoms. The maximum Gasteiger partial charge on any atom is 0.0224 e. The van der Waals surface area contributed by atoms with E-state index < -0.39 is 0 Å². The lowest BCUT2D eigenvalue weighted by molar-refractivity contribution is -0.0232. The second-order valence-corrected chi connectivity index (χ2v) is 6.70. The van der Waals surface area contributed by atoms with Crippen molar-refractivity contribution in [3.63, 3.8) is 0 Å². The van der Waals surface area contributed by atoms with Crippen molar-refractivity contribution in [3.05, 3.63) is 0 Å². The zero-order valence-electron chi connectivity index (χ0n) is 12.1. The van der Waals surface area contributed by atoms with Gasteiger partial charge < -0.3 is 0 Å². The zero-order chi connectivity index (χ0) is 12.4. The third kappa shape index (κ3) is 2.60. The number of hydrogen-bond donors (Lipinski definition) is 0. The summed E-state index contributed by atoms with van der Waals surface area (Å²) >= 11 is 0. The molecule has 2 aliphatic heterocycles. The fraction of sp³-hybridized carbons (Fsp3) is 1.00. The fourth-order valence-corrected chi connectivity index (χ4v) is 4.50. The maximum absolute atomic E-state index is 2.92. The lowest BCUT2D eigenvalue weighted by Crippen LogP contribution is -2.61. The van der Waals surface area contributed by atoms with Crippen LogP contribution in [0.5, 0.6) is 0 Å². The Hall–Kier alpha value is -0.0800. The van der Waals surface area contributed by atoms with Crippen LogP contribution in [0.1, 0.15) is 64.7 Å². The van der Waals surface area contributed by atoms with Gasteiger partial charge in [-0.25, -0.2) is 0 Å². The molecule has 3 aliphatic rings. The van der Waals surface area contributed by atoms with Crippen molar-refractivity contribution in [1.29, 1.82) is 0 Å². The minimum absolute atomic E-state index is 0.849. The number of piperidine rings is 1. The van der Waals surface area contributed by atoms with Crippen LogP contribution in [0.15, 0.2) is 0 Å². The summed E-state index contributed by atoms with van der Waals surface area (Å²) in [5.41, 5.74) is 0. The van der Waals surface area contributed by atoms with E-state index in [2.05, 4.69) is 16.7 Å². The Morgan fingerprint density at radius 2 is 1.56 bits per heavy atom.